The Morgan fingerprint density at radius 3 is 2.71 bits per heavy atom. The van der Waals surface area contributed by atoms with Gasteiger partial charge in [-0.3, -0.25) is 9.59 Å². The predicted octanol–water partition coefficient (Wildman–Crippen LogP) is 2.33. The number of ketones is 1. The molecule has 0 radical (unpaired) electrons. The lowest BCUT2D eigenvalue weighted by Crippen LogP contribution is -2.24. The zero-order valence-corrected chi connectivity index (χ0v) is 11.0. The zero-order valence-electron chi connectivity index (χ0n) is 8.64. The minimum absolute atomic E-state index is 0.0266. The van der Waals surface area contributed by atoms with Gasteiger partial charge in [0.25, 0.3) is 0 Å². The molecule has 2 rings (SSSR count). The van der Waals surface area contributed by atoms with E-state index in [1.165, 1.54) is 4.90 Å². The Bertz CT molecular complexity index is 539. The summed E-state index contributed by atoms with van der Waals surface area (Å²) in [4.78, 5) is 25.0. The van der Waals surface area contributed by atoms with Gasteiger partial charge in [0.1, 0.15) is 5.40 Å². The normalized spacial score (nSPS) is 15.2. The highest BCUT2D eigenvalue weighted by Gasteiger charge is 2.29. The molecule has 0 unspecified atom stereocenters. The number of thiocyanates is 1. The maximum Gasteiger partial charge on any atom is 0.234 e. The van der Waals surface area contributed by atoms with Gasteiger partial charge in [0.15, 0.2) is 5.78 Å². The van der Waals surface area contributed by atoms with E-state index < -0.39 is 0 Å². The zero-order chi connectivity index (χ0) is 12.4. The number of nitriles is 1. The van der Waals surface area contributed by atoms with Gasteiger partial charge in [0, 0.05) is 9.37 Å². The van der Waals surface area contributed by atoms with Crippen LogP contribution in [0, 0.1) is 10.7 Å². The number of nitrogens with zero attached hydrogens (tertiary/aromatic N) is 2. The van der Waals surface area contributed by atoms with Crippen LogP contribution in [-0.2, 0) is 9.59 Å². The Balaban J connectivity index is 2.31. The second-order valence-corrected chi connectivity index (χ2v) is 5.21. The molecule has 1 aromatic carbocycles. The van der Waals surface area contributed by atoms with Gasteiger partial charge in [-0.05, 0) is 45.9 Å². The molecule has 0 spiro atoms. The van der Waals surface area contributed by atoms with Crippen molar-refractivity contribution in [1.82, 2.24) is 0 Å². The van der Waals surface area contributed by atoms with E-state index in [-0.39, 0.29) is 24.7 Å². The molecule has 0 saturated carbocycles. The van der Waals surface area contributed by atoms with Gasteiger partial charge in [-0.1, -0.05) is 0 Å². The molecule has 1 saturated heterocycles. The average Bonchev–Trinajstić information content (AvgIpc) is 2.58. The molecular weight excluding hydrogens is 304 g/mol. The molecular formula is C11H7BrN2O2S. The number of Topliss-reactive ketones (excluding diaryl/α,β-unsaturated/α-hetero) is 1. The highest BCUT2D eigenvalue weighted by Crippen LogP contribution is 2.32. The molecule has 86 valence electrons. The summed E-state index contributed by atoms with van der Waals surface area (Å²) in [7, 11) is 0. The summed E-state index contributed by atoms with van der Waals surface area (Å²) in [6.07, 6.45) is -0.0266. The van der Waals surface area contributed by atoms with Crippen molar-refractivity contribution in [1.29, 1.82) is 5.26 Å². The summed E-state index contributed by atoms with van der Waals surface area (Å²) >= 11 is 4.39. The van der Waals surface area contributed by atoms with Crippen LogP contribution in [0.1, 0.15) is 6.42 Å². The fourth-order valence-corrected chi connectivity index (χ4v) is 2.79. The number of thioether (sulfide) groups is 1. The molecule has 1 fully saturated rings. The van der Waals surface area contributed by atoms with Crippen LogP contribution < -0.4 is 4.90 Å². The maximum absolute atomic E-state index is 11.6. The summed E-state index contributed by atoms with van der Waals surface area (Å²) in [6, 6.07) is 5.25. The van der Waals surface area contributed by atoms with E-state index in [4.69, 9.17) is 5.26 Å². The number of anilines is 1. The summed E-state index contributed by atoms with van der Waals surface area (Å²) in [5.74, 6) is -0.256. The maximum atomic E-state index is 11.6. The SMILES string of the molecule is N#CSc1ccc(N2CC(=O)CC2=O)c(Br)c1. The number of hydrogen-bond donors (Lipinski definition) is 0. The third-order valence-electron chi connectivity index (χ3n) is 2.36. The largest absolute Gasteiger partial charge is 0.303 e. The fraction of sp³-hybridized carbons (Fsp3) is 0.182. The Kier molecular flexibility index (Phi) is 3.50. The fourth-order valence-electron chi connectivity index (χ4n) is 1.63. The molecule has 0 atom stereocenters. The van der Waals surface area contributed by atoms with Crippen molar-refractivity contribution in [3.8, 4) is 5.40 Å². The van der Waals surface area contributed by atoms with Crippen molar-refractivity contribution >= 4 is 45.1 Å². The predicted molar refractivity (Wildman–Crippen MR) is 67.6 cm³/mol. The quantitative estimate of drug-likeness (QED) is 0.478. The third-order valence-corrected chi connectivity index (χ3v) is 3.57. The minimum Gasteiger partial charge on any atom is -0.303 e. The van der Waals surface area contributed by atoms with Crippen LogP contribution in [0.2, 0.25) is 0 Å². The Labute approximate surface area is 111 Å². The Morgan fingerprint density at radius 1 is 1.41 bits per heavy atom. The monoisotopic (exact) mass is 310 g/mol. The van der Waals surface area contributed by atoms with E-state index in [0.29, 0.717) is 10.2 Å². The van der Waals surface area contributed by atoms with Crippen LogP contribution in [0.25, 0.3) is 0 Å². The molecule has 0 bridgehead atoms. The first-order chi connectivity index (χ1) is 8.11. The van der Waals surface area contributed by atoms with Crippen LogP contribution in [-0.4, -0.2) is 18.2 Å². The molecule has 6 heteroatoms. The molecule has 0 N–H and O–H groups in total. The van der Waals surface area contributed by atoms with Crippen molar-refractivity contribution in [2.75, 3.05) is 11.4 Å². The lowest BCUT2D eigenvalue weighted by atomic mass is 10.3. The first-order valence-electron chi connectivity index (χ1n) is 4.79. The van der Waals surface area contributed by atoms with Crippen LogP contribution >= 0.6 is 27.7 Å². The molecule has 4 nitrogen and oxygen atoms in total. The summed E-state index contributed by atoms with van der Waals surface area (Å²) in [5.41, 5.74) is 0.670. The van der Waals surface area contributed by atoms with Crippen molar-refractivity contribution < 1.29 is 9.59 Å². The van der Waals surface area contributed by atoms with E-state index in [1.54, 1.807) is 18.2 Å². The number of carbonyl (C=O) groups excluding carboxylic acids is 2. The first kappa shape index (κ1) is 12.1. The highest BCUT2D eigenvalue weighted by molar-refractivity contribution is 9.10. The van der Waals surface area contributed by atoms with E-state index in [0.717, 1.165) is 16.7 Å². The average molecular weight is 311 g/mol. The van der Waals surface area contributed by atoms with Crippen LogP contribution in [0.3, 0.4) is 0 Å². The molecule has 1 heterocycles. The van der Waals surface area contributed by atoms with Gasteiger partial charge in [-0.25, -0.2) is 0 Å². The molecule has 0 aromatic heterocycles. The number of hydrogen-bond acceptors (Lipinski definition) is 4. The van der Waals surface area contributed by atoms with E-state index >= 15 is 0 Å². The molecule has 1 aromatic rings. The van der Waals surface area contributed by atoms with E-state index in [9.17, 15) is 9.59 Å². The Morgan fingerprint density at radius 2 is 2.18 bits per heavy atom. The first-order valence-corrected chi connectivity index (χ1v) is 6.40. The minimum atomic E-state index is -0.184. The standard InChI is InChI=1S/C11H7BrN2O2S/c12-9-4-8(17-6-13)1-2-10(9)14-5-7(15)3-11(14)16/h1-2,4H,3,5H2. The van der Waals surface area contributed by atoms with Crippen molar-refractivity contribution in [2.45, 2.75) is 11.3 Å². The molecule has 1 aliphatic rings. The van der Waals surface area contributed by atoms with Gasteiger partial charge in [0.05, 0.1) is 18.7 Å². The summed E-state index contributed by atoms with van der Waals surface area (Å²) < 4.78 is 0.709. The van der Waals surface area contributed by atoms with Crippen LogP contribution in [0.4, 0.5) is 5.69 Å². The van der Waals surface area contributed by atoms with Gasteiger partial charge in [-0.15, -0.1) is 0 Å². The third kappa shape index (κ3) is 2.51. The van der Waals surface area contributed by atoms with Gasteiger partial charge < -0.3 is 4.90 Å². The van der Waals surface area contributed by atoms with Gasteiger partial charge >= 0.3 is 0 Å². The van der Waals surface area contributed by atoms with Crippen molar-refractivity contribution in [3.05, 3.63) is 22.7 Å². The number of halogens is 1. The lowest BCUT2D eigenvalue weighted by molar-refractivity contribution is -0.121. The van der Waals surface area contributed by atoms with E-state index in [2.05, 4.69) is 15.9 Å². The van der Waals surface area contributed by atoms with Gasteiger partial charge in [0.2, 0.25) is 5.91 Å². The molecule has 1 aliphatic heterocycles. The number of carbonyl (C=O) groups is 2. The van der Waals surface area contributed by atoms with Crippen molar-refractivity contribution in [2.24, 2.45) is 0 Å². The number of amides is 1. The molecule has 0 aliphatic carbocycles. The highest BCUT2D eigenvalue weighted by atomic mass is 79.9. The molecule has 1 amide bonds. The Hall–Kier alpha value is -1.32. The summed E-state index contributed by atoms with van der Waals surface area (Å²) in [5, 5.41) is 10.5. The topological polar surface area (TPSA) is 61.2 Å². The van der Waals surface area contributed by atoms with E-state index in [1.807, 2.05) is 5.40 Å². The second kappa shape index (κ2) is 4.90. The van der Waals surface area contributed by atoms with Crippen LogP contribution in [0.5, 0.6) is 0 Å². The van der Waals surface area contributed by atoms with Crippen molar-refractivity contribution in [3.63, 3.8) is 0 Å². The number of rotatable bonds is 2. The summed E-state index contributed by atoms with van der Waals surface area (Å²) in [6.45, 7) is 0.127. The smallest absolute Gasteiger partial charge is 0.234 e. The second-order valence-electron chi connectivity index (χ2n) is 3.50. The number of benzene rings is 1. The molecule has 17 heavy (non-hydrogen) atoms. The van der Waals surface area contributed by atoms with Gasteiger partial charge in [-0.2, -0.15) is 5.26 Å². The lowest BCUT2D eigenvalue weighted by Gasteiger charge is -2.16. The van der Waals surface area contributed by atoms with Crippen LogP contribution in [0.15, 0.2) is 27.6 Å².